The molecule has 1 amide bonds. The topological polar surface area (TPSA) is 62.1 Å². The number of alkyl carbamates (subject to hydrolysis) is 1. The van der Waals surface area contributed by atoms with Crippen LogP contribution < -0.4 is 5.32 Å². The molecule has 1 aliphatic rings. The first-order chi connectivity index (χ1) is 5.87. The first-order valence-corrected chi connectivity index (χ1v) is 4.29. The van der Waals surface area contributed by atoms with E-state index in [1.54, 1.807) is 20.8 Å². The van der Waals surface area contributed by atoms with Gasteiger partial charge in [0.2, 0.25) is 0 Å². The van der Waals surface area contributed by atoms with Crippen LogP contribution in [-0.2, 0) is 4.74 Å². The van der Waals surface area contributed by atoms with E-state index in [1.807, 2.05) is 0 Å². The number of carbonyl (C=O) groups is 1. The maximum atomic E-state index is 11.2. The molecule has 0 heterocycles. The van der Waals surface area contributed by atoms with Gasteiger partial charge in [-0.25, -0.2) is 4.79 Å². The fourth-order valence-corrected chi connectivity index (χ4v) is 0.889. The quantitative estimate of drug-likeness (QED) is 0.669. The summed E-state index contributed by atoms with van der Waals surface area (Å²) in [4.78, 5) is 11.2. The van der Waals surface area contributed by atoms with E-state index in [1.165, 1.54) is 0 Å². The Kier molecular flexibility index (Phi) is 2.21. The Hall–Kier alpha value is -1.24. The monoisotopic (exact) mass is 182 g/mol. The van der Waals surface area contributed by atoms with Crippen LogP contribution in [0.15, 0.2) is 0 Å². The molecule has 0 spiro atoms. The summed E-state index contributed by atoms with van der Waals surface area (Å²) in [6, 6.07) is 2.06. The van der Waals surface area contributed by atoms with E-state index in [-0.39, 0.29) is 0 Å². The second kappa shape index (κ2) is 2.91. The number of nitrogens with zero attached hydrogens (tertiary/aromatic N) is 1. The van der Waals surface area contributed by atoms with Crippen molar-refractivity contribution in [1.29, 1.82) is 5.26 Å². The molecule has 0 aromatic rings. The molecular formula is C9H14N2O2. The summed E-state index contributed by atoms with van der Waals surface area (Å²) in [5.74, 6) is 0. The Morgan fingerprint density at radius 1 is 1.54 bits per heavy atom. The van der Waals surface area contributed by atoms with Crippen LogP contribution in [0.2, 0.25) is 0 Å². The van der Waals surface area contributed by atoms with Crippen LogP contribution in [0, 0.1) is 11.3 Å². The molecule has 0 bridgehead atoms. The number of ether oxygens (including phenoxy) is 1. The maximum absolute atomic E-state index is 11.2. The lowest BCUT2D eigenvalue weighted by atomic mass is 10.2. The van der Waals surface area contributed by atoms with Gasteiger partial charge in [0.05, 0.1) is 6.07 Å². The van der Waals surface area contributed by atoms with Gasteiger partial charge in [-0.05, 0) is 33.6 Å². The molecule has 0 unspecified atom stereocenters. The zero-order chi connectivity index (χ0) is 10.1. The molecule has 4 nitrogen and oxygen atoms in total. The number of carbonyl (C=O) groups excluding carboxylic acids is 1. The molecule has 0 aliphatic heterocycles. The first kappa shape index (κ1) is 9.85. The fraction of sp³-hybridized carbons (Fsp3) is 0.778. The zero-order valence-corrected chi connectivity index (χ0v) is 8.18. The molecule has 4 heteroatoms. The van der Waals surface area contributed by atoms with Gasteiger partial charge in [0.15, 0.2) is 0 Å². The molecule has 0 saturated heterocycles. The molecular weight excluding hydrogens is 168 g/mol. The number of nitriles is 1. The number of hydrogen-bond donors (Lipinski definition) is 1. The Morgan fingerprint density at radius 3 is 2.38 bits per heavy atom. The molecule has 1 rings (SSSR count). The fourth-order valence-electron chi connectivity index (χ4n) is 0.889. The number of nitrogens with one attached hydrogen (secondary N) is 1. The highest BCUT2D eigenvalue weighted by Gasteiger charge is 2.45. The van der Waals surface area contributed by atoms with Crippen molar-refractivity contribution in [3.05, 3.63) is 0 Å². The van der Waals surface area contributed by atoms with Crippen molar-refractivity contribution in [2.24, 2.45) is 0 Å². The van der Waals surface area contributed by atoms with Gasteiger partial charge in [-0.3, -0.25) is 0 Å². The van der Waals surface area contributed by atoms with E-state index in [4.69, 9.17) is 10.00 Å². The van der Waals surface area contributed by atoms with Gasteiger partial charge in [0, 0.05) is 0 Å². The summed E-state index contributed by atoms with van der Waals surface area (Å²) < 4.78 is 5.01. The third kappa shape index (κ3) is 2.94. The van der Waals surface area contributed by atoms with Crippen molar-refractivity contribution >= 4 is 6.09 Å². The summed E-state index contributed by atoms with van der Waals surface area (Å²) in [5, 5.41) is 11.2. The number of hydrogen-bond acceptors (Lipinski definition) is 3. The van der Waals surface area contributed by atoms with Crippen LogP contribution in [-0.4, -0.2) is 17.2 Å². The highest BCUT2D eigenvalue weighted by atomic mass is 16.6. The van der Waals surface area contributed by atoms with Gasteiger partial charge in [-0.15, -0.1) is 0 Å². The standard InChI is InChI=1S/C9H14N2O2/c1-8(2,3)13-7(12)11-9(6-10)4-5-9/h4-5H2,1-3H3,(H,11,12). The van der Waals surface area contributed by atoms with Crippen molar-refractivity contribution in [2.75, 3.05) is 0 Å². The lowest BCUT2D eigenvalue weighted by molar-refractivity contribution is 0.0510. The Bertz CT molecular complexity index is 256. The second-order valence-electron chi connectivity index (χ2n) is 4.32. The summed E-state index contributed by atoms with van der Waals surface area (Å²) in [6.07, 6.45) is 0.942. The normalized spacial score (nSPS) is 18.6. The van der Waals surface area contributed by atoms with Crippen LogP contribution in [0.5, 0.6) is 0 Å². The minimum absolute atomic E-state index is 0.504. The van der Waals surface area contributed by atoms with E-state index in [0.29, 0.717) is 0 Å². The molecule has 0 atom stereocenters. The lowest BCUT2D eigenvalue weighted by Gasteiger charge is -2.20. The SMILES string of the molecule is CC(C)(C)OC(=O)NC1(C#N)CC1. The molecule has 0 aromatic carbocycles. The van der Waals surface area contributed by atoms with E-state index in [0.717, 1.165) is 12.8 Å². The van der Waals surface area contributed by atoms with Gasteiger partial charge in [0.25, 0.3) is 0 Å². The van der Waals surface area contributed by atoms with Crippen LogP contribution in [0.4, 0.5) is 4.79 Å². The van der Waals surface area contributed by atoms with Crippen molar-refractivity contribution in [2.45, 2.75) is 44.8 Å². The van der Waals surface area contributed by atoms with Crippen LogP contribution in [0.1, 0.15) is 33.6 Å². The maximum Gasteiger partial charge on any atom is 0.408 e. The van der Waals surface area contributed by atoms with E-state index in [2.05, 4.69) is 11.4 Å². The molecule has 0 aromatic heterocycles. The third-order valence-electron chi connectivity index (χ3n) is 1.70. The summed E-state index contributed by atoms with van der Waals surface area (Å²) in [7, 11) is 0. The number of rotatable bonds is 1. The van der Waals surface area contributed by atoms with Gasteiger partial charge in [-0.2, -0.15) is 5.26 Å². The van der Waals surface area contributed by atoms with Crippen molar-refractivity contribution < 1.29 is 9.53 Å². The average Bonchev–Trinajstić information content (AvgIpc) is 2.65. The highest BCUT2D eigenvalue weighted by molar-refractivity contribution is 5.70. The Labute approximate surface area is 77.9 Å². The van der Waals surface area contributed by atoms with E-state index < -0.39 is 17.2 Å². The van der Waals surface area contributed by atoms with E-state index >= 15 is 0 Å². The van der Waals surface area contributed by atoms with Crippen LogP contribution in [0.25, 0.3) is 0 Å². The lowest BCUT2D eigenvalue weighted by Crippen LogP contribution is -2.39. The zero-order valence-electron chi connectivity index (χ0n) is 8.18. The Morgan fingerprint density at radius 2 is 2.08 bits per heavy atom. The smallest absolute Gasteiger partial charge is 0.408 e. The second-order valence-corrected chi connectivity index (χ2v) is 4.32. The molecule has 13 heavy (non-hydrogen) atoms. The minimum Gasteiger partial charge on any atom is -0.444 e. The summed E-state index contributed by atoms with van der Waals surface area (Å²) >= 11 is 0. The molecule has 1 fully saturated rings. The minimum atomic E-state index is -0.637. The van der Waals surface area contributed by atoms with Gasteiger partial charge in [0.1, 0.15) is 11.1 Å². The largest absolute Gasteiger partial charge is 0.444 e. The van der Waals surface area contributed by atoms with Crippen molar-refractivity contribution in [3.8, 4) is 6.07 Å². The van der Waals surface area contributed by atoms with Crippen molar-refractivity contribution in [1.82, 2.24) is 5.32 Å². The van der Waals surface area contributed by atoms with Gasteiger partial charge in [-0.1, -0.05) is 0 Å². The van der Waals surface area contributed by atoms with Crippen LogP contribution >= 0.6 is 0 Å². The average molecular weight is 182 g/mol. The van der Waals surface area contributed by atoms with E-state index in [9.17, 15) is 4.79 Å². The van der Waals surface area contributed by atoms with Gasteiger partial charge < -0.3 is 10.1 Å². The summed E-state index contributed by atoms with van der Waals surface area (Å²) in [6.45, 7) is 5.37. The Balaban J connectivity index is 2.40. The van der Waals surface area contributed by atoms with Gasteiger partial charge >= 0.3 is 6.09 Å². The molecule has 72 valence electrons. The highest BCUT2D eigenvalue weighted by Crippen LogP contribution is 2.34. The molecule has 1 N–H and O–H groups in total. The third-order valence-corrected chi connectivity index (χ3v) is 1.70. The van der Waals surface area contributed by atoms with Crippen molar-refractivity contribution in [3.63, 3.8) is 0 Å². The molecule has 1 saturated carbocycles. The summed E-state index contributed by atoms with van der Waals surface area (Å²) in [5.41, 5.74) is -1.14. The predicted molar refractivity (Wildman–Crippen MR) is 46.9 cm³/mol. The van der Waals surface area contributed by atoms with Crippen LogP contribution in [0.3, 0.4) is 0 Å². The number of amides is 1. The predicted octanol–water partition coefficient (Wildman–Crippen LogP) is 1.57. The first-order valence-electron chi connectivity index (χ1n) is 4.29. The molecule has 0 radical (unpaired) electrons. The molecule has 1 aliphatic carbocycles.